The number of ketones is 1. The minimum Gasteiger partial charge on any atom is -0.300 e. The van der Waals surface area contributed by atoms with Crippen LogP contribution in [-0.2, 0) is 4.79 Å². The molecule has 2 rings (SSSR count). The first-order chi connectivity index (χ1) is 6.53. The van der Waals surface area contributed by atoms with Crippen LogP contribution in [0, 0.1) is 23.2 Å². The van der Waals surface area contributed by atoms with Gasteiger partial charge in [-0.05, 0) is 42.4 Å². The molecule has 0 N–H and O–H groups in total. The van der Waals surface area contributed by atoms with Crippen LogP contribution in [0.4, 0.5) is 0 Å². The van der Waals surface area contributed by atoms with E-state index in [0.717, 1.165) is 31.1 Å². The molecule has 0 aromatic rings. The van der Waals surface area contributed by atoms with Crippen LogP contribution in [0.2, 0.25) is 0 Å². The van der Waals surface area contributed by atoms with Gasteiger partial charge in [-0.3, -0.25) is 4.79 Å². The van der Waals surface area contributed by atoms with E-state index < -0.39 is 0 Å². The molecule has 3 atom stereocenters. The van der Waals surface area contributed by atoms with E-state index in [1.807, 2.05) is 0 Å². The zero-order valence-corrected chi connectivity index (χ0v) is 9.68. The zero-order chi connectivity index (χ0) is 10.3. The molecular formula is C13H22O. The monoisotopic (exact) mass is 194 g/mol. The highest BCUT2D eigenvalue weighted by Gasteiger charge is 2.48. The maximum absolute atomic E-state index is 11.5. The highest BCUT2D eigenvalue weighted by atomic mass is 16.1. The van der Waals surface area contributed by atoms with Crippen molar-refractivity contribution in [1.82, 2.24) is 0 Å². The molecule has 0 aromatic carbocycles. The summed E-state index contributed by atoms with van der Waals surface area (Å²) in [4.78, 5) is 11.5. The third-order valence-corrected chi connectivity index (χ3v) is 4.74. The smallest absolute Gasteiger partial charge is 0.133 e. The van der Waals surface area contributed by atoms with E-state index >= 15 is 0 Å². The van der Waals surface area contributed by atoms with Crippen LogP contribution >= 0.6 is 0 Å². The minimum absolute atomic E-state index is 0.503. The van der Waals surface area contributed by atoms with Crippen molar-refractivity contribution in [2.45, 2.75) is 52.9 Å². The molecule has 0 radical (unpaired) electrons. The van der Waals surface area contributed by atoms with Crippen LogP contribution in [0.5, 0.6) is 0 Å². The van der Waals surface area contributed by atoms with E-state index in [0.29, 0.717) is 17.1 Å². The van der Waals surface area contributed by atoms with Gasteiger partial charge in [-0.2, -0.15) is 0 Å². The third-order valence-electron chi connectivity index (χ3n) is 4.74. The molecule has 2 saturated carbocycles. The topological polar surface area (TPSA) is 17.1 Å². The van der Waals surface area contributed by atoms with Crippen molar-refractivity contribution >= 4 is 5.78 Å². The molecular weight excluding hydrogens is 172 g/mol. The van der Waals surface area contributed by atoms with Crippen molar-refractivity contribution < 1.29 is 4.79 Å². The Morgan fingerprint density at radius 3 is 2.71 bits per heavy atom. The number of rotatable bonds is 1. The fourth-order valence-corrected chi connectivity index (χ4v) is 3.68. The lowest BCUT2D eigenvalue weighted by atomic mass is 9.65. The summed E-state index contributed by atoms with van der Waals surface area (Å²) in [6.45, 7) is 7.04. The van der Waals surface area contributed by atoms with E-state index in [1.165, 1.54) is 12.8 Å². The van der Waals surface area contributed by atoms with Gasteiger partial charge in [0.1, 0.15) is 5.78 Å². The number of hydrogen-bond acceptors (Lipinski definition) is 1. The van der Waals surface area contributed by atoms with Crippen molar-refractivity contribution in [3.8, 4) is 0 Å². The summed E-state index contributed by atoms with van der Waals surface area (Å²) in [6.07, 6.45) is 5.58. The zero-order valence-electron chi connectivity index (χ0n) is 9.68. The number of carbonyl (C=O) groups is 1. The average molecular weight is 194 g/mol. The van der Waals surface area contributed by atoms with Gasteiger partial charge < -0.3 is 0 Å². The molecule has 1 nitrogen and oxygen atoms in total. The van der Waals surface area contributed by atoms with Gasteiger partial charge in [0.05, 0.1) is 0 Å². The largest absolute Gasteiger partial charge is 0.300 e. The van der Waals surface area contributed by atoms with Crippen LogP contribution in [0.15, 0.2) is 0 Å². The highest BCUT2D eigenvalue weighted by Crippen LogP contribution is 2.55. The normalized spacial score (nSPS) is 43.0. The summed E-state index contributed by atoms with van der Waals surface area (Å²) in [7, 11) is 0. The Morgan fingerprint density at radius 1 is 1.36 bits per heavy atom. The predicted molar refractivity (Wildman–Crippen MR) is 58.0 cm³/mol. The Balaban J connectivity index is 2.18. The summed E-state index contributed by atoms with van der Waals surface area (Å²) >= 11 is 0. The Morgan fingerprint density at radius 2 is 2.07 bits per heavy atom. The molecule has 2 fully saturated rings. The summed E-state index contributed by atoms with van der Waals surface area (Å²) in [6, 6.07) is 0. The van der Waals surface area contributed by atoms with Crippen molar-refractivity contribution in [3.05, 3.63) is 0 Å². The predicted octanol–water partition coefficient (Wildman–Crippen LogP) is 3.43. The lowest BCUT2D eigenvalue weighted by Gasteiger charge is -2.38. The van der Waals surface area contributed by atoms with Gasteiger partial charge in [-0.1, -0.05) is 20.8 Å². The summed E-state index contributed by atoms with van der Waals surface area (Å²) in [5.74, 6) is 2.78. The molecule has 2 aliphatic carbocycles. The third kappa shape index (κ3) is 1.51. The molecule has 14 heavy (non-hydrogen) atoms. The first-order valence-electron chi connectivity index (χ1n) is 6.04. The fourth-order valence-electron chi connectivity index (χ4n) is 3.68. The molecule has 0 aromatic heterocycles. The standard InChI is InChI=1S/C13H22O/c1-9(2)11-5-7-13(3)6-4-10(14)8-12(11)13/h9,11-12H,4-8H2,1-3H3/t11-,12-,13-/m1/s1. The minimum atomic E-state index is 0.503. The summed E-state index contributed by atoms with van der Waals surface area (Å²) < 4.78 is 0. The van der Waals surface area contributed by atoms with Crippen LogP contribution < -0.4 is 0 Å². The van der Waals surface area contributed by atoms with Gasteiger partial charge in [0.15, 0.2) is 0 Å². The fraction of sp³-hybridized carbons (Fsp3) is 0.923. The van der Waals surface area contributed by atoms with Gasteiger partial charge in [-0.25, -0.2) is 0 Å². The van der Waals surface area contributed by atoms with Gasteiger partial charge >= 0.3 is 0 Å². The van der Waals surface area contributed by atoms with Gasteiger partial charge in [0, 0.05) is 12.8 Å². The van der Waals surface area contributed by atoms with Gasteiger partial charge in [0.25, 0.3) is 0 Å². The first kappa shape index (κ1) is 10.2. The first-order valence-corrected chi connectivity index (χ1v) is 6.04. The Hall–Kier alpha value is -0.330. The van der Waals surface area contributed by atoms with Crippen LogP contribution in [-0.4, -0.2) is 5.78 Å². The second-order valence-electron chi connectivity index (χ2n) is 5.95. The Bertz CT molecular complexity index is 244. The van der Waals surface area contributed by atoms with E-state index in [4.69, 9.17) is 0 Å². The maximum atomic E-state index is 11.5. The molecule has 0 heterocycles. The number of carbonyl (C=O) groups excluding carboxylic acids is 1. The van der Waals surface area contributed by atoms with E-state index in [-0.39, 0.29) is 0 Å². The quantitative estimate of drug-likeness (QED) is 0.625. The summed E-state index contributed by atoms with van der Waals surface area (Å²) in [5.41, 5.74) is 0.503. The second kappa shape index (κ2) is 3.36. The molecule has 2 aliphatic rings. The van der Waals surface area contributed by atoms with Gasteiger partial charge in [-0.15, -0.1) is 0 Å². The molecule has 0 amide bonds. The highest BCUT2D eigenvalue weighted by molar-refractivity contribution is 5.79. The SMILES string of the molecule is CC(C)[C@H]1CC[C@@]2(C)CCC(=O)C[C@H]12. The Kier molecular flexibility index (Phi) is 2.45. The van der Waals surface area contributed by atoms with Crippen LogP contribution in [0.1, 0.15) is 52.9 Å². The summed E-state index contributed by atoms with van der Waals surface area (Å²) in [5, 5.41) is 0. The number of Topliss-reactive ketones (excluding diaryl/α,β-unsaturated/α-hetero) is 1. The molecule has 80 valence electrons. The Labute approximate surface area is 87.3 Å². The van der Waals surface area contributed by atoms with Crippen LogP contribution in [0.3, 0.4) is 0 Å². The molecule has 0 unspecified atom stereocenters. The van der Waals surface area contributed by atoms with E-state index in [2.05, 4.69) is 20.8 Å². The van der Waals surface area contributed by atoms with Crippen molar-refractivity contribution in [2.75, 3.05) is 0 Å². The van der Waals surface area contributed by atoms with E-state index in [9.17, 15) is 4.79 Å². The number of hydrogen-bond donors (Lipinski definition) is 0. The van der Waals surface area contributed by atoms with E-state index in [1.54, 1.807) is 0 Å². The lowest BCUT2D eigenvalue weighted by Crippen LogP contribution is -2.34. The van der Waals surface area contributed by atoms with Crippen LogP contribution in [0.25, 0.3) is 0 Å². The number of fused-ring (bicyclic) bond motifs is 1. The van der Waals surface area contributed by atoms with Crippen molar-refractivity contribution in [3.63, 3.8) is 0 Å². The molecule has 0 bridgehead atoms. The average Bonchev–Trinajstić information content (AvgIpc) is 2.43. The lowest BCUT2D eigenvalue weighted by molar-refractivity contribution is -0.124. The van der Waals surface area contributed by atoms with Crippen molar-refractivity contribution in [1.29, 1.82) is 0 Å². The van der Waals surface area contributed by atoms with Crippen molar-refractivity contribution in [2.24, 2.45) is 23.2 Å². The molecule has 0 spiro atoms. The molecule has 0 aliphatic heterocycles. The molecule has 1 heteroatoms. The maximum Gasteiger partial charge on any atom is 0.133 e. The van der Waals surface area contributed by atoms with Gasteiger partial charge in [0.2, 0.25) is 0 Å². The second-order valence-corrected chi connectivity index (χ2v) is 5.95. The molecule has 0 saturated heterocycles.